The maximum absolute atomic E-state index is 13.7. The standard InChI is InChI=1S/C26H36F3N5O4/c1-23(2)10-13(19(35)33-23)9-14(11-30)31-20(36)17-16-15(24(16,3)4)12-34(17)21(37)18(25(5)7-6-8-25)32-22(38)26(27,28)29/h13-18H,6-10,12H2,1-5H3,(H,31,36)(H,32,38)(H,33,35)/t13-,14+,15+,16+,17+,18?/m1/s1. The molecule has 2 aliphatic heterocycles. The lowest BCUT2D eigenvalue weighted by molar-refractivity contribution is -0.177. The van der Waals surface area contributed by atoms with Gasteiger partial charge in [0.2, 0.25) is 17.7 Å². The molecule has 0 bridgehead atoms. The van der Waals surface area contributed by atoms with Crippen molar-refractivity contribution in [3.63, 3.8) is 0 Å². The van der Waals surface area contributed by atoms with E-state index in [0.717, 1.165) is 6.42 Å². The first-order valence-corrected chi connectivity index (χ1v) is 13.1. The van der Waals surface area contributed by atoms with Crippen molar-refractivity contribution in [2.75, 3.05) is 6.54 Å². The van der Waals surface area contributed by atoms with Gasteiger partial charge in [-0.3, -0.25) is 19.2 Å². The van der Waals surface area contributed by atoms with Crippen molar-refractivity contribution >= 4 is 23.6 Å². The van der Waals surface area contributed by atoms with E-state index in [0.29, 0.717) is 19.3 Å². The summed E-state index contributed by atoms with van der Waals surface area (Å²) in [4.78, 5) is 52.7. The van der Waals surface area contributed by atoms with Crippen molar-refractivity contribution in [1.82, 2.24) is 20.9 Å². The number of halogens is 3. The molecule has 2 aliphatic carbocycles. The number of nitrogens with one attached hydrogen (secondary N) is 3. The maximum Gasteiger partial charge on any atom is 0.471 e. The van der Waals surface area contributed by atoms with Gasteiger partial charge >= 0.3 is 12.1 Å². The largest absolute Gasteiger partial charge is 0.471 e. The van der Waals surface area contributed by atoms with Crippen molar-refractivity contribution < 1.29 is 32.3 Å². The normalized spacial score (nSPS) is 31.7. The second-order valence-corrected chi connectivity index (χ2v) is 13.0. The fourth-order valence-corrected chi connectivity index (χ4v) is 6.82. The van der Waals surface area contributed by atoms with Gasteiger partial charge in [-0.1, -0.05) is 27.2 Å². The minimum Gasteiger partial charge on any atom is -0.351 e. The predicted molar refractivity (Wildman–Crippen MR) is 129 cm³/mol. The number of alkyl halides is 3. The molecule has 4 aliphatic rings. The molecular formula is C26H36F3N5O4. The maximum atomic E-state index is 13.7. The van der Waals surface area contributed by atoms with Crippen LogP contribution in [0.15, 0.2) is 0 Å². The Labute approximate surface area is 220 Å². The van der Waals surface area contributed by atoms with Gasteiger partial charge in [0.05, 0.1) is 6.07 Å². The average molecular weight is 540 g/mol. The van der Waals surface area contributed by atoms with Crippen LogP contribution in [-0.2, 0) is 19.2 Å². The van der Waals surface area contributed by atoms with E-state index in [-0.39, 0.29) is 36.1 Å². The summed E-state index contributed by atoms with van der Waals surface area (Å²) in [6.07, 6.45) is -2.87. The summed E-state index contributed by atoms with van der Waals surface area (Å²) >= 11 is 0. The molecule has 9 nitrogen and oxygen atoms in total. The highest BCUT2D eigenvalue weighted by molar-refractivity contribution is 5.95. The molecule has 0 spiro atoms. The second-order valence-electron chi connectivity index (χ2n) is 13.0. The summed E-state index contributed by atoms with van der Waals surface area (Å²) in [5.41, 5.74) is -1.53. The molecule has 4 rings (SSSR count). The van der Waals surface area contributed by atoms with Crippen LogP contribution in [0.3, 0.4) is 0 Å². The number of fused-ring (bicyclic) bond motifs is 1. The van der Waals surface area contributed by atoms with Crippen LogP contribution in [0.4, 0.5) is 13.2 Å². The van der Waals surface area contributed by atoms with E-state index in [9.17, 15) is 37.6 Å². The summed E-state index contributed by atoms with van der Waals surface area (Å²) in [6, 6.07) is -1.35. The zero-order chi connectivity index (χ0) is 28.4. The average Bonchev–Trinajstić information content (AvgIpc) is 3.07. The molecule has 6 atom stereocenters. The predicted octanol–water partition coefficient (Wildman–Crippen LogP) is 2.02. The summed E-state index contributed by atoms with van der Waals surface area (Å²) in [5.74, 6) is -4.37. The van der Waals surface area contributed by atoms with Crippen molar-refractivity contribution in [1.29, 1.82) is 5.26 Å². The number of rotatable bonds is 7. The number of carbonyl (C=O) groups is 4. The minimum atomic E-state index is -5.15. The molecule has 0 aromatic carbocycles. The van der Waals surface area contributed by atoms with Gasteiger partial charge in [0, 0.05) is 18.0 Å². The first-order valence-electron chi connectivity index (χ1n) is 13.1. The van der Waals surface area contributed by atoms with Gasteiger partial charge in [0.15, 0.2) is 0 Å². The molecule has 3 N–H and O–H groups in total. The highest BCUT2D eigenvalue weighted by Gasteiger charge is 2.70. The first kappa shape index (κ1) is 28.2. The Hall–Kier alpha value is -2.84. The van der Waals surface area contributed by atoms with Crippen molar-refractivity contribution in [3.05, 3.63) is 0 Å². The van der Waals surface area contributed by atoms with Gasteiger partial charge in [0.1, 0.15) is 18.1 Å². The lowest BCUT2D eigenvalue weighted by Crippen LogP contribution is -2.63. The second kappa shape index (κ2) is 9.12. The van der Waals surface area contributed by atoms with Crippen molar-refractivity contribution in [2.24, 2.45) is 28.6 Å². The number of amides is 4. The van der Waals surface area contributed by atoms with Gasteiger partial charge < -0.3 is 20.9 Å². The third-order valence-electron chi connectivity index (χ3n) is 9.31. The molecular weight excluding hydrogens is 503 g/mol. The molecule has 2 saturated heterocycles. The number of nitriles is 1. The SMILES string of the molecule is CC1(C)C[C@@H](C[C@@H](C#N)NC(=O)[C@@H]2[C@@H]3[C@H](CN2C(=O)C(NC(=O)C(F)(F)F)C2(C)CCC2)C3(C)C)C(=O)N1. The number of hydrogen-bond acceptors (Lipinski definition) is 5. The molecule has 1 unspecified atom stereocenters. The molecule has 2 saturated carbocycles. The van der Waals surface area contributed by atoms with Crippen LogP contribution >= 0.6 is 0 Å². The van der Waals surface area contributed by atoms with E-state index in [1.165, 1.54) is 4.90 Å². The lowest BCUT2D eigenvalue weighted by Gasteiger charge is -2.46. The van der Waals surface area contributed by atoms with Gasteiger partial charge in [-0.25, -0.2) is 0 Å². The van der Waals surface area contributed by atoms with Crippen LogP contribution in [0.5, 0.6) is 0 Å². The zero-order valence-electron chi connectivity index (χ0n) is 22.4. The smallest absolute Gasteiger partial charge is 0.351 e. The summed E-state index contributed by atoms with van der Waals surface area (Å²) in [5, 5.41) is 17.2. The molecule has 2 heterocycles. The van der Waals surface area contributed by atoms with Crippen LogP contribution in [0.1, 0.15) is 66.7 Å². The van der Waals surface area contributed by atoms with Crippen LogP contribution in [-0.4, -0.2) is 64.9 Å². The number of nitrogens with zero attached hydrogens (tertiary/aromatic N) is 2. The summed E-state index contributed by atoms with van der Waals surface area (Å²) < 4.78 is 39.3. The highest BCUT2D eigenvalue weighted by atomic mass is 19.4. The fraction of sp³-hybridized carbons (Fsp3) is 0.808. The highest BCUT2D eigenvalue weighted by Crippen LogP contribution is 2.65. The Bertz CT molecular complexity index is 1080. The topological polar surface area (TPSA) is 131 Å². The van der Waals surface area contributed by atoms with Crippen LogP contribution in [0, 0.1) is 39.9 Å². The Morgan fingerprint density at radius 2 is 1.79 bits per heavy atom. The van der Waals surface area contributed by atoms with Gasteiger partial charge in [-0.15, -0.1) is 0 Å². The van der Waals surface area contributed by atoms with Gasteiger partial charge in [0.25, 0.3) is 0 Å². The van der Waals surface area contributed by atoms with Gasteiger partial charge in [-0.05, 0) is 62.2 Å². The molecule has 4 fully saturated rings. The number of likely N-dealkylation sites (tertiary alicyclic amines) is 1. The van der Waals surface area contributed by atoms with E-state index < -0.39 is 58.9 Å². The third-order valence-corrected chi connectivity index (χ3v) is 9.31. The molecule has 4 amide bonds. The number of hydrogen-bond donors (Lipinski definition) is 3. The minimum absolute atomic E-state index is 0.0303. The van der Waals surface area contributed by atoms with E-state index in [4.69, 9.17) is 0 Å². The molecule has 0 aromatic heterocycles. The van der Waals surface area contributed by atoms with E-state index in [1.54, 1.807) is 6.92 Å². The molecule has 0 radical (unpaired) electrons. The van der Waals surface area contributed by atoms with E-state index in [1.807, 2.05) is 39.1 Å². The number of carbonyl (C=O) groups excluding carboxylic acids is 4. The van der Waals surface area contributed by atoms with Crippen molar-refractivity contribution in [3.8, 4) is 6.07 Å². The molecule has 0 aromatic rings. The van der Waals surface area contributed by atoms with Crippen LogP contribution < -0.4 is 16.0 Å². The summed E-state index contributed by atoms with van der Waals surface area (Å²) in [6.45, 7) is 9.53. The number of piperidine rings is 1. The van der Waals surface area contributed by atoms with Crippen molar-refractivity contribution in [2.45, 2.75) is 96.6 Å². The van der Waals surface area contributed by atoms with E-state index in [2.05, 4.69) is 10.6 Å². The fourth-order valence-electron chi connectivity index (χ4n) is 6.82. The Morgan fingerprint density at radius 1 is 1.16 bits per heavy atom. The van der Waals surface area contributed by atoms with E-state index >= 15 is 0 Å². The molecule has 210 valence electrons. The summed E-state index contributed by atoms with van der Waals surface area (Å²) in [7, 11) is 0. The van der Waals surface area contributed by atoms with Gasteiger partial charge in [-0.2, -0.15) is 18.4 Å². The lowest BCUT2D eigenvalue weighted by atomic mass is 9.65. The Balaban J connectivity index is 1.53. The molecule has 38 heavy (non-hydrogen) atoms. The van der Waals surface area contributed by atoms with Crippen LogP contribution in [0.25, 0.3) is 0 Å². The Kier molecular flexibility index (Phi) is 6.77. The first-order chi connectivity index (χ1) is 17.4. The third kappa shape index (κ3) is 4.96. The monoisotopic (exact) mass is 539 g/mol. The zero-order valence-corrected chi connectivity index (χ0v) is 22.4. The quantitative estimate of drug-likeness (QED) is 0.456. The molecule has 12 heteroatoms. The van der Waals surface area contributed by atoms with Crippen LogP contribution in [0.2, 0.25) is 0 Å². The Morgan fingerprint density at radius 3 is 2.26 bits per heavy atom.